The van der Waals surface area contributed by atoms with Crippen LogP contribution in [-0.2, 0) is 23.8 Å². The van der Waals surface area contributed by atoms with E-state index in [0.29, 0.717) is 26.1 Å². The first-order valence-electron chi connectivity index (χ1n) is 19.1. The largest absolute Gasteiger partial charge is 0.463 e. The topological polar surface area (TPSA) is 61.8 Å². The van der Waals surface area contributed by atoms with E-state index in [1.807, 2.05) is 0 Å². The van der Waals surface area contributed by atoms with Gasteiger partial charge in [-0.1, -0.05) is 181 Å². The van der Waals surface area contributed by atoms with Gasteiger partial charge in [0.15, 0.2) is 0 Å². The van der Waals surface area contributed by atoms with Crippen LogP contribution in [0.5, 0.6) is 0 Å². The number of hydrogen-bond donors (Lipinski definition) is 0. The lowest BCUT2D eigenvalue weighted by Crippen LogP contribution is -2.14. The van der Waals surface area contributed by atoms with E-state index in [1.165, 1.54) is 154 Å². The number of carbonyl (C=O) groups is 2. The Balaban J connectivity index is 3.25. The van der Waals surface area contributed by atoms with E-state index in [1.54, 1.807) is 0 Å². The van der Waals surface area contributed by atoms with E-state index in [0.717, 1.165) is 25.7 Å². The smallest absolute Gasteiger partial charge is 0.305 e. The van der Waals surface area contributed by atoms with Crippen molar-refractivity contribution in [2.45, 2.75) is 206 Å². The minimum absolute atomic E-state index is 0.137. The van der Waals surface area contributed by atoms with Gasteiger partial charge in [0.25, 0.3) is 0 Å². The van der Waals surface area contributed by atoms with Crippen LogP contribution in [0.15, 0.2) is 0 Å². The van der Waals surface area contributed by atoms with Gasteiger partial charge in [-0.2, -0.15) is 0 Å². The fourth-order valence-corrected chi connectivity index (χ4v) is 5.60. The average Bonchev–Trinajstić information content (AvgIpc) is 3.01. The summed E-state index contributed by atoms with van der Waals surface area (Å²) >= 11 is 0. The van der Waals surface area contributed by atoms with Crippen molar-refractivity contribution in [3.63, 3.8) is 0 Å². The molecular formula is C38H74O5. The molecule has 0 radical (unpaired) electrons. The monoisotopic (exact) mass is 611 g/mol. The van der Waals surface area contributed by atoms with Crippen LogP contribution < -0.4 is 0 Å². The van der Waals surface area contributed by atoms with Crippen molar-refractivity contribution in [1.82, 2.24) is 0 Å². The average molecular weight is 611 g/mol. The molecule has 256 valence electrons. The highest BCUT2D eigenvalue weighted by molar-refractivity contribution is 5.69. The SMILES string of the molecule is CCCCCCCCCCCCCCCCC(=O)OCCOCCOC(=O)CCCCCCCCCCCCCCCC. The van der Waals surface area contributed by atoms with Gasteiger partial charge in [-0.05, 0) is 12.8 Å². The Morgan fingerprint density at radius 2 is 0.558 bits per heavy atom. The molecule has 5 nitrogen and oxygen atoms in total. The van der Waals surface area contributed by atoms with Gasteiger partial charge >= 0.3 is 11.9 Å². The first kappa shape index (κ1) is 41.9. The molecule has 0 unspecified atom stereocenters. The predicted molar refractivity (Wildman–Crippen MR) is 183 cm³/mol. The minimum atomic E-state index is -0.137. The molecule has 0 bridgehead atoms. The van der Waals surface area contributed by atoms with Crippen molar-refractivity contribution in [2.24, 2.45) is 0 Å². The summed E-state index contributed by atoms with van der Waals surface area (Å²) in [5.41, 5.74) is 0. The molecule has 43 heavy (non-hydrogen) atoms. The lowest BCUT2D eigenvalue weighted by Gasteiger charge is -2.07. The second-order valence-corrected chi connectivity index (χ2v) is 12.7. The van der Waals surface area contributed by atoms with Crippen LogP contribution in [-0.4, -0.2) is 38.4 Å². The number of rotatable bonds is 36. The zero-order valence-electron chi connectivity index (χ0n) is 29.1. The minimum Gasteiger partial charge on any atom is -0.463 e. The molecule has 0 saturated carbocycles. The van der Waals surface area contributed by atoms with Crippen LogP contribution in [0.1, 0.15) is 206 Å². The Bertz CT molecular complexity index is 517. The highest BCUT2D eigenvalue weighted by Gasteiger charge is 2.05. The fourth-order valence-electron chi connectivity index (χ4n) is 5.60. The summed E-state index contributed by atoms with van der Waals surface area (Å²) in [5, 5.41) is 0. The molecule has 0 aromatic rings. The first-order chi connectivity index (χ1) is 21.2. The highest BCUT2D eigenvalue weighted by Crippen LogP contribution is 2.15. The van der Waals surface area contributed by atoms with Gasteiger partial charge in [0, 0.05) is 12.8 Å². The number of unbranched alkanes of at least 4 members (excludes halogenated alkanes) is 26. The van der Waals surface area contributed by atoms with Gasteiger partial charge in [-0.15, -0.1) is 0 Å². The van der Waals surface area contributed by atoms with E-state index in [9.17, 15) is 9.59 Å². The summed E-state index contributed by atoms with van der Waals surface area (Å²) in [6.45, 7) is 5.78. The third-order valence-corrected chi connectivity index (χ3v) is 8.45. The van der Waals surface area contributed by atoms with Gasteiger partial charge in [0.2, 0.25) is 0 Å². The Labute approximate surface area is 268 Å². The van der Waals surface area contributed by atoms with Crippen LogP contribution in [0.4, 0.5) is 0 Å². The van der Waals surface area contributed by atoms with Gasteiger partial charge in [0.05, 0.1) is 13.2 Å². The van der Waals surface area contributed by atoms with E-state index in [-0.39, 0.29) is 25.2 Å². The normalized spacial score (nSPS) is 11.2. The third-order valence-electron chi connectivity index (χ3n) is 8.45. The summed E-state index contributed by atoms with van der Waals surface area (Å²) in [5.74, 6) is -0.274. The molecule has 0 aromatic carbocycles. The summed E-state index contributed by atoms with van der Waals surface area (Å²) in [6, 6.07) is 0. The number of hydrogen-bond acceptors (Lipinski definition) is 5. The summed E-state index contributed by atoms with van der Waals surface area (Å²) in [6.07, 6.45) is 37.7. The van der Waals surface area contributed by atoms with E-state index in [4.69, 9.17) is 14.2 Å². The van der Waals surface area contributed by atoms with Crippen LogP contribution in [0.25, 0.3) is 0 Å². The Morgan fingerprint density at radius 3 is 0.814 bits per heavy atom. The van der Waals surface area contributed by atoms with Gasteiger partial charge in [0.1, 0.15) is 13.2 Å². The van der Waals surface area contributed by atoms with E-state index >= 15 is 0 Å². The number of ether oxygens (including phenoxy) is 3. The fraction of sp³-hybridized carbons (Fsp3) is 0.947. The van der Waals surface area contributed by atoms with Crippen molar-refractivity contribution in [1.29, 1.82) is 0 Å². The standard InChI is InChI=1S/C38H74O5/c1-3-5-7-9-11-13-15-17-19-21-23-25-27-29-31-37(39)42-35-33-41-34-36-43-38(40)32-30-28-26-24-22-20-18-16-14-12-10-8-6-4-2/h3-36H2,1-2H3. The molecule has 0 saturated heterocycles. The van der Waals surface area contributed by atoms with Gasteiger partial charge in [-0.25, -0.2) is 0 Å². The Morgan fingerprint density at radius 1 is 0.326 bits per heavy atom. The van der Waals surface area contributed by atoms with Gasteiger partial charge in [-0.3, -0.25) is 9.59 Å². The lowest BCUT2D eigenvalue weighted by atomic mass is 10.0. The molecule has 0 rings (SSSR count). The molecular weight excluding hydrogens is 536 g/mol. The first-order valence-corrected chi connectivity index (χ1v) is 19.1. The summed E-state index contributed by atoms with van der Waals surface area (Å²) in [7, 11) is 0. The third kappa shape index (κ3) is 37.0. The molecule has 0 atom stereocenters. The van der Waals surface area contributed by atoms with E-state index in [2.05, 4.69) is 13.8 Å². The Kier molecular flexibility index (Phi) is 36.1. The summed E-state index contributed by atoms with van der Waals surface area (Å²) in [4.78, 5) is 23.7. The molecule has 0 heterocycles. The Hall–Kier alpha value is -1.10. The maximum absolute atomic E-state index is 11.9. The van der Waals surface area contributed by atoms with Crippen LogP contribution in [0.2, 0.25) is 0 Å². The maximum Gasteiger partial charge on any atom is 0.305 e. The molecule has 0 N–H and O–H groups in total. The van der Waals surface area contributed by atoms with Crippen molar-refractivity contribution < 1.29 is 23.8 Å². The highest BCUT2D eigenvalue weighted by atomic mass is 16.6. The number of esters is 2. The molecule has 0 amide bonds. The van der Waals surface area contributed by atoms with Crippen molar-refractivity contribution in [3.05, 3.63) is 0 Å². The maximum atomic E-state index is 11.9. The lowest BCUT2D eigenvalue weighted by molar-refractivity contribution is -0.146. The van der Waals surface area contributed by atoms with Crippen LogP contribution in [0, 0.1) is 0 Å². The van der Waals surface area contributed by atoms with E-state index < -0.39 is 0 Å². The second-order valence-electron chi connectivity index (χ2n) is 12.7. The molecule has 0 aliphatic rings. The quantitative estimate of drug-likeness (QED) is 0.0521. The molecule has 0 aromatic heterocycles. The zero-order chi connectivity index (χ0) is 31.3. The molecule has 0 spiro atoms. The summed E-state index contributed by atoms with van der Waals surface area (Å²) < 4.78 is 15.9. The van der Waals surface area contributed by atoms with Crippen LogP contribution in [0.3, 0.4) is 0 Å². The predicted octanol–water partition coefficient (Wildman–Crippen LogP) is 11.8. The molecule has 0 aliphatic heterocycles. The second kappa shape index (κ2) is 37.1. The van der Waals surface area contributed by atoms with Gasteiger partial charge < -0.3 is 14.2 Å². The van der Waals surface area contributed by atoms with Crippen molar-refractivity contribution in [3.8, 4) is 0 Å². The number of carbonyl (C=O) groups excluding carboxylic acids is 2. The molecule has 0 fully saturated rings. The zero-order valence-corrected chi connectivity index (χ0v) is 29.1. The van der Waals surface area contributed by atoms with Crippen molar-refractivity contribution in [2.75, 3.05) is 26.4 Å². The molecule has 5 heteroatoms. The van der Waals surface area contributed by atoms with Crippen molar-refractivity contribution >= 4 is 11.9 Å². The molecule has 0 aliphatic carbocycles. The van der Waals surface area contributed by atoms with Crippen LogP contribution >= 0.6 is 0 Å².